The fourth-order valence-electron chi connectivity index (χ4n) is 4.14. The first-order valence-corrected chi connectivity index (χ1v) is 12.7. The van der Waals surface area contributed by atoms with Crippen molar-refractivity contribution in [2.24, 2.45) is 11.8 Å². The van der Waals surface area contributed by atoms with Gasteiger partial charge in [0.1, 0.15) is 11.9 Å². The molecule has 3 atom stereocenters. The van der Waals surface area contributed by atoms with Gasteiger partial charge in [-0.25, -0.2) is 22.8 Å². The van der Waals surface area contributed by atoms with Crippen LogP contribution in [0.2, 0.25) is 0 Å². The molecule has 1 aliphatic rings. The van der Waals surface area contributed by atoms with E-state index in [4.69, 9.17) is 0 Å². The number of hydrogen-bond acceptors (Lipinski definition) is 6. The zero-order valence-corrected chi connectivity index (χ0v) is 20.6. The van der Waals surface area contributed by atoms with E-state index in [2.05, 4.69) is 20.3 Å². The second-order valence-electron chi connectivity index (χ2n) is 8.87. The van der Waals surface area contributed by atoms with E-state index in [-0.39, 0.29) is 35.4 Å². The molecule has 3 aromatic rings. The van der Waals surface area contributed by atoms with Crippen LogP contribution in [0, 0.1) is 17.7 Å². The van der Waals surface area contributed by atoms with Crippen molar-refractivity contribution in [3.63, 3.8) is 0 Å². The molecular weight excluding hydrogens is 514 g/mol. The van der Waals surface area contributed by atoms with Crippen molar-refractivity contribution in [2.75, 3.05) is 6.54 Å². The Labute approximate surface area is 210 Å². The van der Waals surface area contributed by atoms with Crippen LogP contribution in [0.15, 0.2) is 59.9 Å². The van der Waals surface area contributed by atoms with E-state index in [0.717, 1.165) is 41.0 Å². The number of nitrogens with zero attached hydrogens (tertiary/aromatic N) is 4. The molecule has 1 fully saturated rings. The molecule has 4 rings (SSSR count). The molecule has 0 bridgehead atoms. The standard InChI is InChI=1S/C24H23F4N5O3S/c1-14-13-33(37(35,36)19-5-3-18(25)4-6-19)21(15(14)2)22(34)30-10-16-7-8-29-20(9-16)17-11-31-23(32-12-17)24(26,27)28/h3-9,11-12,14-15,21H,10,13H2,1-2H3,(H,30,34)/t14-,15-,21-/m0/s1. The molecule has 196 valence electrons. The highest BCUT2D eigenvalue weighted by Gasteiger charge is 2.47. The zero-order valence-electron chi connectivity index (χ0n) is 19.8. The molecule has 0 unspecified atom stereocenters. The summed E-state index contributed by atoms with van der Waals surface area (Å²) in [5.74, 6) is -2.72. The van der Waals surface area contributed by atoms with Crippen LogP contribution in [0.4, 0.5) is 17.6 Å². The van der Waals surface area contributed by atoms with Gasteiger partial charge in [-0.3, -0.25) is 9.78 Å². The summed E-state index contributed by atoms with van der Waals surface area (Å²) in [6.07, 6.45) is -1.20. The van der Waals surface area contributed by atoms with Crippen LogP contribution in [0.5, 0.6) is 0 Å². The van der Waals surface area contributed by atoms with Gasteiger partial charge in [0.2, 0.25) is 21.8 Å². The number of alkyl halides is 3. The van der Waals surface area contributed by atoms with Gasteiger partial charge >= 0.3 is 6.18 Å². The minimum absolute atomic E-state index is 0.0257. The zero-order chi connectivity index (χ0) is 27.0. The van der Waals surface area contributed by atoms with Crippen LogP contribution in [0.3, 0.4) is 0 Å². The monoisotopic (exact) mass is 537 g/mol. The number of amides is 1. The maximum atomic E-state index is 13.3. The Kier molecular flexibility index (Phi) is 7.29. The Morgan fingerprint density at radius 1 is 1.08 bits per heavy atom. The minimum Gasteiger partial charge on any atom is -0.351 e. The first-order chi connectivity index (χ1) is 17.4. The largest absolute Gasteiger partial charge is 0.451 e. The second kappa shape index (κ2) is 10.1. The van der Waals surface area contributed by atoms with E-state index in [0.29, 0.717) is 11.3 Å². The van der Waals surface area contributed by atoms with Crippen molar-refractivity contribution in [1.29, 1.82) is 0 Å². The van der Waals surface area contributed by atoms with E-state index in [1.165, 1.54) is 6.20 Å². The SMILES string of the molecule is C[C@@H]1[C@@H](C(=O)NCc2ccnc(-c3cnc(C(F)(F)F)nc3)c2)N(S(=O)(=O)c2ccc(F)cc2)C[C@@H]1C. The summed E-state index contributed by atoms with van der Waals surface area (Å²) in [5, 5.41) is 2.75. The molecule has 0 spiro atoms. The number of aromatic nitrogens is 3. The van der Waals surface area contributed by atoms with Crippen LogP contribution in [0.1, 0.15) is 25.2 Å². The van der Waals surface area contributed by atoms with Gasteiger partial charge in [0, 0.05) is 37.2 Å². The second-order valence-corrected chi connectivity index (χ2v) is 10.8. The number of rotatable bonds is 6. The Hall–Kier alpha value is -3.45. The average Bonchev–Trinajstić information content (AvgIpc) is 3.17. The Morgan fingerprint density at radius 3 is 2.35 bits per heavy atom. The Balaban J connectivity index is 1.50. The van der Waals surface area contributed by atoms with Crippen molar-refractivity contribution in [3.8, 4) is 11.3 Å². The lowest BCUT2D eigenvalue weighted by Crippen LogP contribution is -2.47. The first kappa shape index (κ1) is 26.6. The topological polar surface area (TPSA) is 105 Å². The lowest BCUT2D eigenvalue weighted by atomic mass is 9.94. The summed E-state index contributed by atoms with van der Waals surface area (Å²) in [5.41, 5.74) is 1.16. The van der Waals surface area contributed by atoms with Crippen LogP contribution >= 0.6 is 0 Å². The molecule has 3 heterocycles. The van der Waals surface area contributed by atoms with Crippen LogP contribution in [-0.4, -0.2) is 46.2 Å². The lowest BCUT2D eigenvalue weighted by Gasteiger charge is -2.25. The predicted octanol–water partition coefficient (Wildman–Crippen LogP) is 3.66. The highest BCUT2D eigenvalue weighted by Crippen LogP contribution is 2.34. The van der Waals surface area contributed by atoms with Gasteiger partial charge in [-0.1, -0.05) is 13.8 Å². The summed E-state index contributed by atoms with van der Waals surface area (Å²) in [7, 11) is -4.05. The molecule has 8 nitrogen and oxygen atoms in total. The number of sulfonamides is 1. The van der Waals surface area contributed by atoms with Gasteiger partial charge in [0.15, 0.2) is 0 Å². The van der Waals surface area contributed by atoms with Crippen molar-refractivity contribution < 1.29 is 30.8 Å². The fourth-order valence-corrected chi connectivity index (χ4v) is 5.91. The lowest BCUT2D eigenvalue weighted by molar-refractivity contribution is -0.145. The van der Waals surface area contributed by atoms with E-state index >= 15 is 0 Å². The molecule has 1 N–H and O–H groups in total. The number of nitrogens with one attached hydrogen (secondary N) is 1. The third-order valence-electron chi connectivity index (χ3n) is 6.35. The van der Waals surface area contributed by atoms with Crippen molar-refractivity contribution >= 4 is 15.9 Å². The molecule has 0 radical (unpaired) electrons. The third-order valence-corrected chi connectivity index (χ3v) is 8.22. The summed E-state index contributed by atoms with van der Waals surface area (Å²) in [4.78, 5) is 23.9. The van der Waals surface area contributed by atoms with E-state index in [9.17, 15) is 30.8 Å². The van der Waals surface area contributed by atoms with Gasteiger partial charge in [-0.2, -0.15) is 17.5 Å². The molecule has 1 saturated heterocycles. The molecule has 37 heavy (non-hydrogen) atoms. The molecule has 0 aliphatic carbocycles. The molecule has 1 aliphatic heterocycles. The van der Waals surface area contributed by atoms with Crippen molar-refractivity contribution in [3.05, 3.63) is 72.2 Å². The summed E-state index contributed by atoms with van der Waals surface area (Å²) < 4.78 is 79.1. The molecule has 0 saturated carbocycles. The van der Waals surface area contributed by atoms with Gasteiger partial charge in [0.25, 0.3) is 0 Å². The molecular formula is C24H23F4N5O3S. The highest BCUT2D eigenvalue weighted by molar-refractivity contribution is 7.89. The van der Waals surface area contributed by atoms with E-state index < -0.39 is 39.8 Å². The smallest absolute Gasteiger partial charge is 0.351 e. The Bertz CT molecular complexity index is 1380. The molecule has 1 aromatic carbocycles. The van der Waals surface area contributed by atoms with Gasteiger partial charge in [-0.05, 0) is 53.8 Å². The predicted molar refractivity (Wildman–Crippen MR) is 125 cm³/mol. The first-order valence-electron chi connectivity index (χ1n) is 11.3. The van der Waals surface area contributed by atoms with E-state index in [1.54, 1.807) is 19.1 Å². The maximum Gasteiger partial charge on any atom is 0.451 e. The molecule has 2 aromatic heterocycles. The van der Waals surface area contributed by atoms with Gasteiger partial charge < -0.3 is 5.32 Å². The fraction of sp³-hybridized carbons (Fsp3) is 0.333. The quantitative estimate of drug-likeness (QED) is 0.482. The maximum absolute atomic E-state index is 13.3. The van der Waals surface area contributed by atoms with Gasteiger partial charge in [0.05, 0.1) is 10.6 Å². The van der Waals surface area contributed by atoms with Crippen LogP contribution in [0.25, 0.3) is 11.3 Å². The number of carbonyl (C=O) groups excluding carboxylic acids is 1. The Morgan fingerprint density at radius 2 is 1.73 bits per heavy atom. The van der Waals surface area contributed by atoms with Gasteiger partial charge in [-0.15, -0.1) is 0 Å². The third kappa shape index (κ3) is 5.62. The molecule has 13 heteroatoms. The summed E-state index contributed by atoms with van der Waals surface area (Å²) >= 11 is 0. The minimum atomic E-state index is -4.66. The van der Waals surface area contributed by atoms with Crippen molar-refractivity contribution in [1.82, 2.24) is 24.6 Å². The number of benzene rings is 1. The average molecular weight is 538 g/mol. The number of carbonyl (C=O) groups is 1. The number of halogens is 4. The van der Waals surface area contributed by atoms with E-state index in [1.807, 2.05) is 6.92 Å². The normalized spacial score (nSPS) is 20.6. The van der Waals surface area contributed by atoms with Crippen LogP contribution in [-0.2, 0) is 27.5 Å². The number of hydrogen-bond donors (Lipinski definition) is 1. The van der Waals surface area contributed by atoms with Crippen LogP contribution < -0.4 is 5.32 Å². The summed E-state index contributed by atoms with van der Waals surface area (Å²) in [6.45, 7) is 3.81. The van der Waals surface area contributed by atoms with Crippen molar-refractivity contribution in [2.45, 2.75) is 37.5 Å². The highest BCUT2D eigenvalue weighted by atomic mass is 32.2. The number of pyridine rings is 1. The molecule has 1 amide bonds. The summed E-state index contributed by atoms with van der Waals surface area (Å²) in [6, 6.07) is 6.63.